The molecule has 0 rings (SSSR count). The van der Waals surface area contributed by atoms with Gasteiger partial charge in [0.2, 0.25) is 0 Å². The van der Waals surface area contributed by atoms with Gasteiger partial charge in [0.15, 0.2) is 0 Å². The van der Waals surface area contributed by atoms with Crippen molar-refractivity contribution in [1.82, 2.24) is 4.90 Å². The molecule has 5 N–H and O–H groups in total. The van der Waals surface area contributed by atoms with Crippen LogP contribution in [0.2, 0.25) is 0 Å². The molecule has 1 radical (unpaired) electrons. The van der Waals surface area contributed by atoms with Crippen molar-refractivity contribution < 1.29 is 37.9 Å². The molecule has 0 bridgehead atoms. The van der Waals surface area contributed by atoms with Gasteiger partial charge < -0.3 is 29.6 Å². The fourth-order valence-corrected chi connectivity index (χ4v) is 3.55. The summed E-state index contributed by atoms with van der Waals surface area (Å²) in [4.78, 5) is 36.9. The molecule has 0 atom stereocenters. The maximum atomic E-state index is 11.2. The molecule has 117 valence electrons. The molecular weight excluding hydrogens is 319 g/mol. The third kappa shape index (κ3) is 6.99. The van der Waals surface area contributed by atoms with E-state index in [0.29, 0.717) is 6.42 Å². The average Bonchev–Trinajstić information content (AvgIpc) is 2.28. The first-order chi connectivity index (χ1) is 9.67. The molecule has 0 saturated heterocycles. The Morgan fingerprint density at radius 1 is 1.10 bits per heavy atom. The minimum Gasteiger partial charge on any atom is -0.367 e. The van der Waals surface area contributed by atoms with Crippen molar-refractivity contribution in [1.29, 1.82) is 0 Å². The number of unbranched alkanes of at least 4 members (excludes halogenated alkanes) is 2. The van der Waals surface area contributed by atoms with Crippen LogP contribution in [0.5, 0.6) is 0 Å². The van der Waals surface area contributed by atoms with Gasteiger partial charge >= 0.3 is 15.2 Å². The zero-order valence-electron chi connectivity index (χ0n) is 14.6. The molecule has 8 nitrogen and oxygen atoms in total. The van der Waals surface area contributed by atoms with Gasteiger partial charge in [0.1, 0.15) is 0 Å². The fourth-order valence-electron chi connectivity index (χ4n) is 1.41. The second kappa shape index (κ2) is 9.38. The van der Waals surface area contributed by atoms with Gasteiger partial charge in [-0.3, -0.25) is 9.13 Å². The summed E-state index contributed by atoms with van der Waals surface area (Å²) in [7, 11) is -11.1. The first-order valence-electron chi connectivity index (χ1n) is 7.25. The van der Waals surface area contributed by atoms with Crippen molar-refractivity contribution in [3.63, 3.8) is 0 Å². The summed E-state index contributed by atoms with van der Waals surface area (Å²) in [5.41, 5.74) is 0. The molecule has 0 aromatic rings. The Balaban J connectivity index is 0. The Labute approximate surface area is 145 Å². The van der Waals surface area contributed by atoms with Crippen LogP contribution in [0, 0.1) is 0 Å². The molecule has 0 fully saturated rings. The topological polar surface area (TPSA) is 139 Å². The van der Waals surface area contributed by atoms with E-state index in [9.17, 15) is 14.2 Å². The van der Waals surface area contributed by atoms with Gasteiger partial charge in [0.05, 0.1) is 0 Å². The first-order valence-corrected chi connectivity index (χ1v) is 8.98. The molecule has 0 aromatic heterocycles. The summed E-state index contributed by atoms with van der Waals surface area (Å²) >= 11 is 0. The average molecular weight is 345 g/mol. The summed E-state index contributed by atoms with van der Waals surface area (Å²) in [6.45, 7) is -1.23. The SMILES string of the molecule is [2H]C([2H])([2H])N(CCCCC)CCC(O)(P(=O)(O)O)P(=O)(O)O.[Na]. The minimum atomic E-state index is -5.57. The number of nitrogens with zero attached hydrogens (tertiary/aromatic N) is 1. The van der Waals surface area contributed by atoms with E-state index >= 15 is 0 Å². The normalized spacial score (nSPS) is 16.2. The molecule has 0 aliphatic carbocycles. The van der Waals surface area contributed by atoms with Crippen molar-refractivity contribution in [3.8, 4) is 0 Å². The largest absolute Gasteiger partial charge is 0.369 e. The van der Waals surface area contributed by atoms with E-state index < -0.39 is 40.2 Å². The Morgan fingerprint density at radius 3 is 1.95 bits per heavy atom. The van der Waals surface area contributed by atoms with E-state index in [-0.39, 0.29) is 36.1 Å². The molecule has 0 spiro atoms. The van der Waals surface area contributed by atoms with Crippen LogP contribution >= 0.6 is 15.2 Å². The van der Waals surface area contributed by atoms with Crippen LogP contribution < -0.4 is 0 Å². The van der Waals surface area contributed by atoms with Crippen molar-refractivity contribution in [3.05, 3.63) is 0 Å². The monoisotopic (exact) mass is 345 g/mol. The van der Waals surface area contributed by atoms with Crippen molar-refractivity contribution in [2.75, 3.05) is 20.1 Å². The Kier molecular flexibility index (Phi) is 8.24. The molecule has 0 unspecified atom stereocenters. The molecule has 0 saturated carbocycles. The van der Waals surface area contributed by atoms with Crippen LogP contribution in [0.15, 0.2) is 0 Å². The summed E-state index contributed by atoms with van der Waals surface area (Å²) < 4.78 is 44.4. The molecule has 0 aromatic carbocycles. The van der Waals surface area contributed by atoms with Gasteiger partial charge in [-0.2, -0.15) is 0 Å². The summed E-state index contributed by atoms with van der Waals surface area (Å²) in [6.07, 6.45) is 0.989. The second-order valence-corrected chi connectivity index (χ2v) is 8.32. The first kappa shape index (κ1) is 17.6. The number of hydrogen-bond acceptors (Lipinski definition) is 4. The number of rotatable bonds is 9. The predicted molar refractivity (Wildman–Crippen MR) is 76.4 cm³/mol. The molecule has 0 aliphatic heterocycles. The molecule has 0 amide bonds. The third-order valence-electron chi connectivity index (χ3n) is 2.68. The summed E-state index contributed by atoms with van der Waals surface area (Å²) in [5, 5.41) is 6.14. The van der Waals surface area contributed by atoms with E-state index in [4.69, 9.17) is 23.7 Å². The van der Waals surface area contributed by atoms with E-state index in [1.807, 2.05) is 6.92 Å². The van der Waals surface area contributed by atoms with Crippen LogP contribution in [0.25, 0.3) is 0 Å². The van der Waals surface area contributed by atoms with E-state index in [2.05, 4.69) is 0 Å². The smallest absolute Gasteiger partial charge is 0.367 e. The van der Waals surface area contributed by atoms with Gasteiger partial charge in [-0.15, -0.1) is 0 Å². The van der Waals surface area contributed by atoms with Gasteiger partial charge in [-0.25, -0.2) is 0 Å². The minimum absolute atomic E-state index is 0. The van der Waals surface area contributed by atoms with Gasteiger partial charge in [-0.1, -0.05) is 19.8 Å². The van der Waals surface area contributed by atoms with Crippen LogP contribution in [0.4, 0.5) is 0 Å². The molecule has 0 heterocycles. The standard InChI is InChI=1S/C9H23NO7P2.Na/c1-3-4-5-7-10(2)8-6-9(11,18(12,13)14)19(15,16)17;/h11H,3-8H2,1-2H3,(H2,12,13,14)(H2,15,16,17);/i2D3;. The molecule has 20 heavy (non-hydrogen) atoms. The van der Waals surface area contributed by atoms with Crippen molar-refractivity contribution >= 4 is 44.7 Å². The maximum absolute atomic E-state index is 11.2. The van der Waals surface area contributed by atoms with Crippen molar-refractivity contribution in [2.24, 2.45) is 0 Å². The quantitative estimate of drug-likeness (QED) is 0.226. The molecule has 11 heteroatoms. The van der Waals surface area contributed by atoms with Crippen LogP contribution in [0.3, 0.4) is 0 Å². The second-order valence-electron chi connectivity index (χ2n) is 4.31. The van der Waals surface area contributed by atoms with Gasteiger partial charge in [0.25, 0.3) is 5.08 Å². The van der Waals surface area contributed by atoms with Crippen LogP contribution in [-0.2, 0) is 9.13 Å². The Bertz CT molecular complexity index is 431. The number of hydrogen-bond donors (Lipinski definition) is 5. The van der Waals surface area contributed by atoms with E-state index in [0.717, 1.165) is 17.7 Å². The van der Waals surface area contributed by atoms with Crippen LogP contribution in [0.1, 0.15) is 36.7 Å². The zero-order valence-corrected chi connectivity index (χ0v) is 15.4. The molecular formula is C9H23NNaO7P2. The zero-order chi connectivity index (χ0) is 17.8. The van der Waals surface area contributed by atoms with Crippen LogP contribution in [-0.4, -0.2) is 84.3 Å². The van der Waals surface area contributed by atoms with E-state index in [1.54, 1.807) is 0 Å². The summed E-state index contributed by atoms with van der Waals surface area (Å²) in [5.74, 6) is 0. The van der Waals surface area contributed by atoms with E-state index in [1.165, 1.54) is 0 Å². The van der Waals surface area contributed by atoms with Crippen molar-refractivity contribution in [2.45, 2.75) is 37.7 Å². The summed E-state index contributed by atoms with van der Waals surface area (Å²) in [6, 6.07) is 0. The number of aliphatic hydroxyl groups is 1. The third-order valence-corrected chi connectivity index (χ3v) is 6.56. The Morgan fingerprint density at radius 2 is 1.60 bits per heavy atom. The molecule has 0 aliphatic rings. The Hall–Kier alpha value is 1.22. The predicted octanol–water partition coefficient (Wildman–Crippen LogP) is 0.119. The fraction of sp³-hybridized carbons (Fsp3) is 1.00. The maximum Gasteiger partial charge on any atom is 0.369 e. The van der Waals surface area contributed by atoms with Gasteiger partial charge in [-0.05, 0) is 19.9 Å². The van der Waals surface area contributed by atoms with Gasteiger partial charge in [0, 0.05) is 46.6 Å².